The van der Waals surface area contributed by atoms with Gasteiger partial charge < -0.3 is 15.0 Å². The molecule has 3 rings (SSSR count). The fourth-order valence-electron chi connectivity index (χ4n) is 1.93. The van der Waals surface area contributed by atoms with Crippen molar-refractivity contribution in [2.75, 3.05) is 18.4 Å². The summed E-state index contributed by atoms with van der Waals surface area (Å²) in [4.78, 5) is 8.60. The first-order valence-corrected chi connectivity index (χ1v) is 5.18. The van der Waals surface area contributed by atoms with E-state index in [0.29, 0.717) is 6.04 Å². The van der Waals surface area contributed by atoms with Crippen molar-refractivity contribution in [1.29, 1.82) is 0 Å². The molecule has 1 fully saturated rings. The Bertz CT molecular complexity index is 458. The Morgan fingerprint density at radius 3 is 3.00 bits per heavy atom. The molecule has 2 aromatic rings. The number of fused-ring (bicyclic) bond motifs is 1. The third kappa shape index (κ3) is 1.55. The van der Waals surface area contributed by atoms with Crippen LogP contribution >= 0.6 is 0 Å². The fourth-order valence-corrected chi connectivity index (χ4v) is 1.93. The van der Waals surface area contributed by atoms with E-state index in [1.54, 1.807) is 12.4 Å². The van der Waals surface area contributed by atoms with E-state index in [2.05, 4.69) is 20.6 Å². The van der Waals surface area contributed by atoms with Crippen LogP contribution in [-0.4, -0.2) is 33.5 Å². The highest BCUT2D eigenvalue weighted by Gasteiger charge is 2.15. The lowest BCUT2D eigenvalue weighted by Crippen LogP contribution is -2.23. The van der Waals surface area contributed by atoms with Crippen LogP contribution in [0, 0.1) is 0 Å². The number of nitrogens with zero attached hydrogens (tertiary/aromatic N) is 3. The summed E-state index contributed by atoms with van der Waals surface area (Å²) in [5, 5.41) is 6.73. The van der Waals surface area contributed by atoms with E-state index in [1.807, 2.05) is 16.8 Å². The van der Waals surface area contributed by atoms with Crippen molar-refractivity contribution in [2.45, 2.75) is 12.5 Å². The van der Waals surface area contributed by atoms with Gasteiger partial charge in [0.05, 0.1) is 0 Å². The van der Waals surface area contributed by atoms with Crippen LogP contribution in [0.3, 0.4) is 0 Å². The summed E-state index contributed by atoms with van der Waals surface area (Å²) in [5.74, 6) is 0.871. The van der Waals surface area contributed by atoms with Gasteiger partial charge in [0.15, 0.2) is 11.5 Å². The van der Waals surface area contributed by atoms with Crippen molar-refractivity contribution in [3.8, 4) is 0 Å². The van der Waals surface area contributed by atoms with Crippen molar-refractivity contribution in [1.82, 2.24) is 19.7 Å². The molecular formula is C10H13N5. The van der Waals surface area contributed by atoms with Crippen molar-refractivity contribution in [2.24, 2.45) is 0 Å². The summed E-state index contributed by atoms with van der Waals surface area (Å²) in [6.45, 7) is 2.08. The highest BCUT2D eigenvalue weighted by molar-refractivity contribution is 5.62. The maximum absolute atomic E-state index is 4.32. The van der Waals surface area contributed by atoms with E-state index in [0.717, 1.165) is 31.0 Å². The lowest BCUT2D eigenvalue weighted by atomic mass is 10.2. The number of nitrogens with one attached hydrogen (secondary N) is 2. The zero-order valence-electron chi connectivity index (χ0n) is 8.35. The van der Waals surface area contributed by atoms with Gasteiger partial charge in [-0.1, -0.05) is 0 Å². The average molecular weight is 203 g/mol. The molecule has 2 N–H and O–H groups in total. The number of hydrogen-bond donors (Lipinski definition) is 2. The third-order valence-electron chi connectivity index (χ3n) is 2.71. The Morgan fingerprint density at radius 1 is 1.33 bits per heavy atom. The van der Waals surface area contributed by atoms with Gasteiger partial charge >= 0.3 is 0 Å². The van der Waals surface area contributed by atoms with Gasteiger partial charge in [-0.15, -0.1) is 0 Å². The van der Waals surface area contributed by atoms with Crippen molar-refractivity contribution < 1.29 is 0 Å². The monoisotopic (exact) mass is 203 g/mol. The van der Waals surface area contributed by atoms with Crippen LogP contribution in [-0.2, 0) is 0 Å². The van der Waals surface area contributed by atoms with E-state index in [4.69, 9.17) is 0 Å². The predicted octanol–water partition coefficient (Wildman–Crippen LogP) is 0.503. The Balaban J connectivity index is 1.92. The summed E-state index contributed by atoms with van der Waals surface area (Å²) in [6, 6.07) is 0.473. The first-order valence-electron chi connectivity index (χ1n) is 5.18. The largest absolute Gasteiger partial charge is 0.363 e. The number of rotatable bonds is 2. The molecule has 78 valence electrons. The highest BCUT2D eigenvalue weighted by Crippen LogP contribution is 2.13. The molecule has 1 saturated heterocycles. The van der Waals surface area contributed by atoms with Crippen LogP contribution in [0.2, 0.25) is 0 Å². The Hall–Kier alpha value is -1.62. The lowest BCUT2D eigenvalue weighted by molar-refractivity contribution is 0.787. The summed E-state index contributed by atoms with van der Waals surface area (Å²) < 4.78 is 1.97. The van der Waals surface area contributed by atoms with Crippen LogP contribution in [0.5, 0.6) is 0 Å². The zero-order valence-corrected chi connectivity index (χ0v) is 8.35. The average Bonchev–Trinajstić information content (AvgIpc) is 2.87. The summed E-state index contributed by atoms with van der Waals surface area (Å²) in [6.07, 6.45) is 8.55. The van der Waals surface area contributed by atoms with Crippen molar-refractivity contribution in [3.63, 3.8) is 0 Å². The SMILES string of the molecule is c1cn2ccnc2c(NC2CCNC2)n1. The van der Waals surface area contributed by atoms with Gasteiger partial charge in [-0.25, -0.2) is 9.97 Å². The second kappa shape index (κ2) is 3.51. The second-order valence-corrected chi connectivity index (χ2v) is 3.77. The van der Waals surface area contributed by atoms with Gasteiger partial charge in [0, 0.05) is 37.4 Å². The molecule has 5 nitrogen and oxygen atoms in total. The molecule has 0 aromatic carbocycles. The van der Waals surface area contributed by atoms with Gasteiger partial charge in [0.2, 0.25) is 0 Å². The molecule has 0 aliphatic carbocycles. The van der Waals surface area contributed by atoms with Crippen LogP contribution in [0.25, 0.3) is 5.65 Å². The number of imidazole rings is 1. The minimum Gasteiger partial charge on any atom is -0.363 e. The van der Waals surface area contributed by atoms with Crippen LogP contribution < -0.4 is 10.6 Å². The normalized spacial score (nSPS) is 20.9. The Kier molecular flexibility index (Phi) is 2.03. The molecule has 1 aliphatic rings. The molecule has 1 unspecified atom stereocenters. The molecule has 1 atom stereocenters. The van der Waals surface area contributed by atoms with Crippen LogP contribution in [0.15, 0.2) is 24.8 Å². The molecule has 5 heteroatoms. The number of anilines is 1. The first-order chi connectivity index (χ1) is 7.43. The minimum atomic E-state index is 0.473. The standard InChI is InChI=1S/C10H13N5/c1-2-11-7-8(1)14-9-10-13-4-6-15(10)5-3-12-9/h3-6,8,11H,1-2,7H2,(H,12,14). The molecule has 0 saturated carbocycles. The molecule has 0 bridgehead atoms. The lowest BCUT2D eigenvalue weighted by Gasteiger charge is -2.11. The van der Waals surface area contributed by atoms with E-state index >= 15 is 0 Å². The second-order valence-electron chi connectivity index (χ2n) is 3.77. The molecule has 1 aliphatic heterocycles. The quantitative estimate of drug-likeness (QED) is 0.746. The molecule has 0 radical (unpaired) electrons. The van der Waals surface area contributed by atoms with Gasteiger partial charge in [0.1, 0.15) is 0 Å². The van der Waals surface area contributed by atoms with Gasteiger partial charge in [-0.05, 0) is 13.0 Å². The van der Waals surface area contributed by atoms with Crippen LogP contribution in [0.1, 0.15) is 6.42 Å². The number of hydrogen-bond acceptors (Lipinski definition) is 4. The van der Waals surface area contributed by atoms with E-state index in [9.17, 15) is 0 Å². The molecule has 0 spiro atoms. The van der Waals surface area contributed by atoms with Crippen LogP contribution in [0.4, 0.5) is 5.82 Å². The van der Waals surface area contributed by atoms with Gasteiger partial charge in [-0.2, -0.15) is 0 Å². The Labute approximate surface area is 87.5 Å². The molecule has 2 aromatic heterocycles. The van der Waals surface area contributed by atoms with Crippen molar-refractivity contribution >= 4 is 11.5 Å². The summed E-state index contributed by atoms with van der Waals surface area (Å²) in [5.41, 5.74) is 0.893. The molecule has 0 amide bonds. The van der Waals surface area contributed by atoms with Gasteiger partial charge in [-0.3, -0.25) is 0 Å². The molecule has 3 heterocycles. The minimum absolute atomic E-state index is 0.473. The van der Waals surface area contributed by atoms with Gasteiger partial charge in [0.25, 0.3) is 0 Å². The first kappa shape index (κ1) is 8.67. The maximum Gasteiger partial charge on any atom is 0.180 e. The molecule has 15 heavy (non-hydrogen) atoms. The summed E-state index contributed by atoms with van der Waals surface area (Å²) >= 11 is 0. The maximum atomic E-state index is 4.32. The summed E-state index contributed by atoms with van der Waals surface area (Å²) in [7, 11) is 0. The molecular weight excluding hydrogens is 190 g/mol. The van der Waals surface area contributed by atoms with Crippen molar-refractivity contribution in [3.05, 3.63) is 24.8 Å². The predicted molar refractivity (Wildman–Crippen MR) is 57.9 cm³/mol. The highest BCUT2D eigenvalue weighted by atomic mass is 15.1. The zero-order chi connectivity index (χ0) is 10.1. The van der Waals surface area contributed by atoms with E-state index in [1.165, 1.54) is 0 Å². The number of aromatic nitrogens is 3. The van der Waals surface area contributed by atoms with E-state index in [-0.39, 0.29) is 0 Å². The van der Waals surface area contributed by atoms with E-state index < -0.39 is 0 Å². The third-order valence-corrected chi connectivity index (χ3v) is 2.71. The smallest absolute Gasteiger partial charge is 0.180 e. The topological polar surface area (TPSA) is 54.2 Å². The fraction of sp³-hybridized carbons (Fsp3) is 0.400. The Morgan fingerprint density at radius 2 is 2.20 bits per heavy atom.